The second kappa shape index (κ2) is 8.32. The summed E-state index contributed by atoms with van der Waals surface area (Å²) < 4.78 is 0. The summed E-state index contributed by atoms with van der Waals surface area (Å²) in [5.74, 6) is -0.197. The van der Waals surface area contributed by atoms with Gasteiger partial charge in [0.15, 0.2) is 0 Å². The van der Waals surface area contributed by atoms with Gasteiger partial charge in [0.25, 0.3) is 0 Å². The van der Waals surface area contributed by atoms with Crippen LogP contribution in [-0.2, 0) is 9.59 Å². The van der Waals surface area contributed by atoms with Crippen LogP contribution in [-0.4, -0.2) is 43.9 Å². The van der Waals surface area contributed by atoms with Crippen molar-refractivity contribution in [2.24, 2.45) is 0 Å². The van der Waals surface area contributed by atoms with E-state index in [1.165, 1.54) is 4.90 Å². The summed E-state index contributed by atoms with van der Waals surface area (Å²) in [6, 6.07) is 7.56. The van der Waals surface area contributed by atoms with E-state index in [0.29, 0.717) is 6.42 Å². The van der Waals surface area contributed by atoms with Gasteiger partial charge in [-0.3, -0.25) is 9.59 Å². The van der Waals surface area contributed by atoms with Crippen LogP contribution in [0.2, 0.25) is 0 Å². The third kappa shape index (κ3) is 5.84. The van der Waals surface area contributed by atoms with Crippen molar-refractivity contribution in [1.82, 2.24) is 10.2 Å². The molecule has 0 saturated carbocycles. The first kappa shape index (κ1) is 16.2. The smallest absolute Gasteiger partial charge is 0.243 e. The van der Waals surface area contributed by atoms with E-state index in [1.54, 1.807) is 7.05 Å². The van der Waals surface area contributed by atoms with Gasteiger partial charge in [0, 0.05) is 19.2 Å². The molecule has 110 valence electrons. The molecule has 0 saturated heterocycles. The molecule has 0 spiro atoms. The fraction of sp³-hybridized carbons (Fsp3) is 0.467. The Hall–Kier alpha value is -1.88. The zero-order valence-corrected chi connectivity index (χ0v) is 12.4. The number of rotatable bonds is 7. The molecule has 1 rings (SSSR count). The summed E-state index contributed by atoms with van der Waals surface area (Å²) in [6.07, 6.45) is 1.23. The van der Waals surface area contributed by atoms with E-state index in [0.717, 1.165) is 24.2 Å². The lowest BCUT2D eigenvalue weighted by atomic mass is 10.2. The van der Waals surface area contributed by atoms with E-state index in [2.05, 4.69) is 10.6 Å². The number of benzene rings is 1. The minimum atomic E-state index is -0.182. The number of hydrogen-bond donors (Lipinski definition) is 2. The van der Waals surface area contributed by atoms with Crippen molar-refractivity contribution in [3.8, 4) is 0 Å². The van der Waals surface area contributed by atoms with Crippen molar-refractivity contribution >= 4 is 17.5 Å². The second-order valence-electron chi connectivity index (χ2n) is 4.87. The summed E-state index contributed by atoms with van der Waals surface area (Å²) in [4.78, 5) is 25.1. The molecule has 0 bridgehead atoms. The highest BCUT2D eigenvalue weighted by Gasteiger charge is 2.12. The van der Waals surface area contributed by atoms with Crippen molar-refractivity contribution in [1.29, 1.82) is 0 Å². The summed E-state index contributed by atoms with van der Waals surface area (Å²) in [7, 11) is 3.50. The van der Waals surface area contributed by atoms with E-state index in [9.17, 15) is 9.59 Å². The first-order valence-electron chi connectivity index (χ1n) is 6.78. The van der Waals surface area contributed by atoms with E-state index in [4.69, 9.17) is 0 Å². The Morgan fingerprint density at radius 3 is 2.45 bits per heavy atom. The average molecular weight is 277 g/mol. The van der Waals surface area contributed by atoms with E-state index < -0.39 is 0 Å². The summed E-state index contributed by atoms with van der Waals surface area (Å²) in [6.45, 7) is 2.87. The SMILES string of the molecule is CNCCCC(=O)N(C)CC(=O)Nc1ccc(C)cc1. The topological polar surface area (TPSA) is 61.4 Å². The number of carbonyl (C=O) groups excluding carboxylic acids is 2. The van der Waals surface area contributed by atoms with Gasteiger partial charge < -0.3 is 15.5 Å². The van der Waals surface area contributed by atoms with Gasteiger partial charge in [0.05, 0.1) is 6.54 Å². The Morgan fingerprint density at radius 2 is 1.85 bits per heavy atom. The molecule has 0 aliphatic heterocycles. The van der Waals surface area contributed by atoms with Gasteiger partial charge in [-0.1, -0.05) is 17.7 Å². The molecule has 5 heteroatoms. The predicted octanol–water partition coefficient (Wildman–Crippen LogP) is 1.39. The normalized spacial score (nSPS) is 10.2. The minimum absolute atomic E-state index is 0.0145. The monoisotopic (exact) mass is 277 g/mol. The molecule has 0 fully saturated rings. The third-order valence-electron chi connectivity index (χ3n) is 2.96. The molecule has 2 N–H and O–H groups in total. The summed E-state index contributed by atoms with van der Waals surface area (Å²) in [5.41, 5.74) is 1.89. The predicted molar refractivity (Wildman–Crippen MR) is 80.6 cm³/mol. The number of carbonyl (C=O) groups is 2. The van der Waals surface area contributed by atoms with Crippen LogP contribution >= 0.6 is 0 Å². The summed E-state index contributed by atoms with van der Waals surface area (Å²) in [5, 5.41) is 5.77. The molecular formula is C15H23N3O2. The van der Waals surface area contributed by atoms with Crippen molar-refractivity contribution in [2.75, 3.05) is 32.5 Å². The molecular weight excluding hydrogens is 254 g/mol. The second-order valence-corrected chi connectivity index (χ2v) is 4.87. The molecule has 2 amide bonds. The lowest BCUT2D eigenvalue weighted by Crippen LogP contribution is -2.35. The Labute approximate surface area is 120 Å². The van der Waals surface area contributed by atoms with Crippen LogP contribution in [0.5, 0.6) is 0 Å². The van der Waals surface area contributed by atoms with Crippen LogP contribution in [0.3, 0.4) is 0 Å². The number of hydrogen-bond acceptors (Lipinski definition) is 3. The van der Waals surface area contributed by atoms with E-state index in [1.807, 2.05) is 38.2 Å². The van der Waals surface area contributed by atoms with Crippen LogP contribution in [0.25, 0.3) is 0 Å². The van der Waals surface area contributed by atoms with Gasteiger partial charge in [0.2, 0.25) is 11.8 Å². The van der Waals surface area contributed by atoms with Gasteiger partial charge >= 0.3 is 0 Å². The quantitative estimate of drug-likeness (QED) is 0.740. The molecule has 1 aromatic carbocycles. The number of nitrogens with zero attached hydrogens (tertiary/aromatic N) is 1. The van der Waals surface area contributed by atoms with Crippen molar-refractivity contribution in [3.05, 3.63) is 29.8 Å². The van der Waals surface area contributed by atoms with Crippen LogP contribution < -0.4 is 10.6 Å². The maximum atomic E-state index is 11.8. The Balaban J connectivity index is 2.37. The fourth-order valence-electron chi connectivity index (χ4n) is 1.75. The Kier molecular flexibility index (Phi) is 6.73. The average Bonchev–Trinajstić information content (AvgIpc) is 2.41. The van der Waals surface area contributed by atoms with Crippen LogP contribution in [0.15, 0.2) is 24.3 Å². The Bertz CT molecular complexity index is 443. The molecule has 0 aromatic heterocycles. The largest absolute Gasteiger partial charge is 0.336 e. The van der Waals surface area contributed by atoms with Crippen molar-refractivity contribution in [3.63, 3.8) is 0 Å². The van der Waals surface area contributed by atoms with Gasteiger partial charge in [-0.25, -0.2) is 0 Å². The number of amides is 2. The molecule has 0 unspecified atom stereocenters. The zero-order valence-electron chi connectivity index (χ0n) is 12.4. The summed E-state index contributed by atoms with van der Waals surface area (Å²) >= 11 is 0. The molecule has 0 aliphatic carbocycles. The molecule has 20 heavy (non-hydrogen) atoms. The highest BCUT2D eigenvalue weighted by molar-refractivity contribution is 5.94. The maximum absolute atomic E-state index is 11.8. The number of nitrogens with one attached hydrogen (secondary N) is 2. The van der Waals surface area contributed by atoms with Crippen LogP contribution in [0.4, 0.5) is 5.69 Å². The standard InChI is InChI=1S/C15H23N3O2/c1-12-6-8-13(9-7-12)17-14(19)11-18(3)15(20)5-4-10-16-2/h6-9,16H,4-5,10-11H2,1-3H3,(H,17,19). The fourth-order valence-corrected chi connectivity index (χ4v) is 1.75. The van der Waals surface area contributed by atoms with E-state index in [-0.39, 0.29) is 18.4 Å². The first-order chi connectivity index (χ1) is 9.52. The van der Waals surface area contributed by atoms with Crippen LogP contribution in [0.1, 0.15) is 18.4 Å². The van der Waals surface area contributed by atoms with Crippen LogP contribution in [0, 0.1) is 6.92 Å². The van der Waals surface area contributed by atoms with Gasteiger partial charge in [-0.15, -0.1) is 0 Å². The highest BCUT2D eigenvalue weighted by Crippen LogP contribution is 2.08. The first-order valence-corrected chi connectivity index (χ1v) is 6.78. The third-order valence-corrected chi connectivity index (χ3v) is 2.96. The van der Waals surface area contributed by atoms with Crippen molar-refractivity contribution < 1.29 is 9.59 Å². The molecule has 0 heterocycles. The van der Waals surface area contributed by atoms with E-state index >= 15 is 0 Å². The van der Waals surface area contributed by atoms with Crippen molar-refractivity contribution in [2.45, 2.75) is 19.8 Å². The number of aryl methyl sites for hydroxylation is 1. The molecule has 0 atom stereocenters. The molecule has 0 aliphatic rings. The lowest BCUT2D eigenvalue weighted by Gasteiger charge is -2.16. The highest BCUT2D eigenvalue weighted by atomic mass is 16.2. The molecule has 0 radical (unpaired) electrons. The zero-order chi connectivity index (χ0) is 15.0. The number of anilines is 1. The maximum Gasteiger partial charge on any atom is 0.243 e. The van der Waals surface area contributed by atoms with Gasteiger partial charge in [-0.2, -0.15) is 0 Å². The number of likely N-dealkylation sites (N-methyl/N-ethyl adjacent to an activating group) is 1. The lowest BCUT2D eigenvalue weighted by molar-refractivity contribution is -0.133. The Morgan fingerprint density at radius 1 is 1.20 bits per heavy atom. The van der Waals surface area contributed by atoms with Gasteiger partial charge in [-0.05, 0) is 39.1 Å². The minimum Gasteiger partial charge on any atom is -0.336 e. The molecule has 5 nitrogen and oxygen atoms in total. The van der Waals surface area contributed by atoms with Gasteiger partial charge in [0.1, 0.15) is 0 Å². The molecule has 1 aromatic rings.